The first-order valence-corrected chi connectivity index (χ1v) is 6.48. The molecule has 0 radical (unpaired) electrons. The van der Waals surface area contributed by atoms with Crippen LogP contribution < -0.4 is 11.1 Å². The van der Waals surface area contributed by atoms with E-state index in [0.29, 0.717) is 17.1 Å². The summed E-state index contributed by atoms with van der Waals surface area (Å²) in [6.45, 7) is 5.56. The van der Waals surface area contributed by atoms with Crippen LogP contribution in [0.1, 0.15) is 17.0 Å². The summed E-state index contributed by atoms with van der Waals surface area (Å²) < 4.78 is 1.57. The monoisotopic (exact) mass is 293 g/mol. The lowest BCUT2D eigenvalue weighted by Gasteiger charge is -2.10. The molecule has 0 unspecified atom stereocenters. The van der Waals surface area contributed by atoms with Gasteiger partial charge in [-0.3, -0.25) is 9.48 Å². The first kappa shape index (κ1) is 14.3. The minimum absolute atomic E-state index is 0.0779. The third-order valence-electron chi connectivity index (χ3n) is 3.11. The fraction of sp³-hybridized carbons (Fsp3) is 0.308. The normalized spacial score (nSPS) is 10.6. The van der Waals surface area contributed by atoms with Crippen molar-refractivity contribution in [1.29, 1.82) is 0 Å². The Labute approximate surface area is 121 Å². The number of hydrogen-bond donors (Lipinski definition) is 2. The highest BCUT2D eigenvalue weighted by atomic mass is 35.5. The van der Waals surface area contributed by atoms with Crippen molar-refractivity contribution in [1.82, 2.24) is 14.8 Å². The number of carbonyl (C=O) groups excluding carboxylic acids is 1. The summed E-state index contributed by atoms with van der Waals surface area (Å²) in [4.78, 5) is 16.0. The maximum absolute atomic E-state index is 12.1. The highest BCUT2D eigenvalue weighted by molar-refractivity contribution is 6.32. The number of carbonyl (C=O) groups is 1. The molecule has 3 N–H and O–H groups in total. The minimum atomic E-state index is -0.228. The first-order valence-electron chi connectivity index (χ1n) is 6.10. The molecule has 2 aromatic rings. The van der Waals surface area contributed by atoms with Crippen LogP contribution in [0.4, 0.5) is 11.4 Å². The summed E-state index contributed by atoms with van der Waals surface area (Å²) in [6, 6.07) is 1.78. The predicted octanol–water partition coefficient (Wildman–Crippen LogP) is 2.08. The van der Waals surface area contributed by atoms with Crippen molar-refractivity contribution in [3.63, 3.8) is 0 Å². The lowest BCUT2D eigenvalue weighted by molar-refractivity contribution is -0.116. The van der Waals surface area contributed by atoms with Crippen LogP contribution in [-0.4, -0.2) is 20.7 Å². The Morgan fingerprint density at radius 2 is 2.15 bits per heavy atom. The van der Waals surface area contributed by atoms with E-state index >= 15 is 0 Å². The lowest BCUT2D eigenvalue weighted by atomic mass is 10.2. The van der Waals surface area contributed by atoms with E-state index < -0.39 is 0 Å². The molecule has 0 bridgehead atoms. The van der Waals surface area contributed by atoms with Gasteiger partial charge in [0.05, 0.1) is 22.8 Å². The number of nitrogens with zero attached hydrogens (tertiary/aromatic N) is 3. The van der Waals surface area contributed by atoms with Gasteiger partial charge in [-0.2, -0.15) is 5.10 Å². The van der Waals surface area contributed by atoms with Gasteiger partial charge >= 0.3 is 0 Å². The summed E-state index contributed by atoms with van der Waals surface area (Å²) in [5, 5.41) is 7.24. The quantitative estimate of drug-likeness (QED) is 0.848. The molecule has 0 aliphatic carbocycles. The molecule has 0 spiro atoms. The smallest absolute Gasteiger partial charge is 0.246 e. The van der Waals surface area contributed by atoms with E-state index in [4.69, 9.17) is 17.3 Å². The number of hydrogen-bond acceptors (Lipinski definition) is 4. The van der Waals surface area contributed by atoms with Crippen molar-refractivity contribution in [2.45, 2.75) is 27.3 Å². The van der Waals surface area contributed by atoms with Crippen molar-refractivity contribution in [3.05, 3.63) is 34.4 Å². The van der Waals surface area contributed by atoms with Crippen LogP contribution in [0.25, 0.3) is 0 Å². The van der Waals surface area contributed by atoms with Crippen LogP contribution >= 0.6 is 11.6 Å². The minimum Gasteiger partial charge on any atom is -0.396 e. The number of nitrogens with two attached hydrogens (primary N) is 1. The van der Waals surface area contributed by atoms with Crippen LogP contribution in [0.15, 0.2) is 12.3 Å². The highest BCUT2D eigenvalue weighted by Crippen LogP contribution is 2.23. The largest absolute Gasteiger partial charge is 0.396 e. The van der Waals surface area contributed by atoms with Gasteiger partial charge < -0.3 is 11.1 Å². The summed E-state index contributed by atoms with van der Waals surface area (Å²) in [5.41, 5.74) is 9.30. The fourth-order valence-electron chi connectivity index (χ4n) is 1.85. The van der Waals surface area contributed by atoms with E-state index in [9.17, 15) is 4.79 Å². The number of anilines is 2. The van der Waals surface area contributed by atoms with Gasteiger partial charge in [-0.25, -0.2) is 4.98 Å². The van der Waals surface area contributed by atoms with Gasteiger partial charge in [0.1, 0.15) is 6.54 Å². The average Bonchev–Trinajstić information content (AvgIpc) is 2.62. The molecule has 1 amide bonds. The second-order valence-electron chi connectivity index (χ2n) is 4.58. The molecule has 0 atom stereocenters. The molecule has 2 rings (SSSR count). The third kappa shape index (κ3) is 2.75. The molecule has 20 heavy (non-hydrogen) atoms. The summed E-state index contributed by atoms with van der Waals surface area (Å²) in [5.74, 6) is -0.228. The Hall–Kier alpha value is -2.08. The number of rotatable bonds is 3. The molecule has 0 aliphatic rings. The van der Waals surface area contributed by atoms with Crippen molar-refractivity contribution < 1.29 is 4.79 Å². The molecule has 2 aromatic heterocycles. The molecule has 7 heteroatoms. The molecule has 6 nitrogen and oxygen atoms in total. The number of aromatic nitrogens is 3. The fourth-order valence-corrected chi connectivity index (χ4v) is 2.11. The SMILES string of the molecule is Cc1ccnc(Cl)c1NC(=O)Cn1nc(C)c(N)c1C. The number of nitrogen functional groups attached to an aromatic ring is 1. The molecular formula is C13H16ClN5O. The van der Waals surface area contributed by atoms with Gasteiger partial charge in [0.15, 0.2) is 5.15 Å². The second kappa shape index (κ2) is 5.50. The summed E-state index contributed by atoms with van der Waals surface area (Å²) in [7, 11) is 0. The predicted molar refractivity (Wildman–Crippen MR) is 78.7 cm³/mol. The highest BCUT2D eigenvalue weighted by Gasteiger charge is 2.13. The number of aryl methyl sites for hydroxylation is 2. The zero-order chi connectivity index (χ0) is 14.9. The molecular weight excluding hydrogens is 278 g/mol. The van der Waals surface area contributed by atoms with Crippen LogP contribution in [0.2, 0.25) is 5.15 Å². The van der Waals surface area contributed by atoms with Gasteiger partial charge in [0, 0.05) is 6.20 Å². The third-order valence-corrected chi connectivity index (χ3v) is 3.39. The number of halogens is 1. The topological polar surface area (TPSA) is 85.8 Å². The Balaban J connectivity index is 2.15. The van der Waals surface area contributed by atoms with Gasteiger partial charge in [0.25, 0.3) is 0 Å². The van der Waals surface area contributed by atoms with E-state index in [1.807, 2.05) is 13.8 Å². The van der Waals surface area contributed by atoms with Gasteiger partial charge in [-0.05, 0) is 32.4 Å². The average molecular weight is 294 g/mol. The zero-order valence-corrected chi connectivity index (χ0v) is 12.3. The van der Waals surface area contributed by atoms with Gasteiger partial charge in [0.2, 0.25) is 5.91 Å². The van der Waals surface area contributed by atoms with E-state index in [2.05, 4.69) is 15.4 Å². The Bertz CT molecular complexity index is 645. The number of amides is 1. The van der Waals surface area contributed by atoms with E-state index in [0.717, 1.165) is 11.3 Å². The van der Waals surface area contributed by atoms with Crippen LogP contribution in [0, 0.1) is 20.8 Å². The van der Waals surface area contributed by atoms with Gasteiger partial charge in [-0.15, -0.1) is 0 Å². The molecule has 2 heterocycles. The van der Waals surface area contributed by atoms with E-state index in [-0.39, 0.29) is 17.6 Å². The maximum atomic E-state index is 12.1. The lowest BCUT2D eigenvalue weighted by Crippen LogP contribution is -2.21. The van der Waals surface area contributed by atoms with Crippen molar-refractivity contribution in [2.24, 2.45) is 0 Å². The van der Waals surface area contributed by atoms with Crippen LogP contribution in [0.5, 0.6) is 0 Å². The van der Waals surface area contributed by atoms with Crippen LogP contribution in [0.3, 0.4) is 0 Å². The van der Waals surface area contributed by atoms with Crippen molar-refractivity contribution >= 4 is 28.9 Å². The molecule has 106 valence electrons. The van der Waals surface area contributed by atoms with E-state index in [1.54, 1.807) is 23.9 Å². The van der Waals surface area contributed by atoms with Crippen LogP contribution in [-0.2, 0) is 11.3 Å². The molecule has 0 aliphatic heterocycles. The second-order valence-corrected chi connectivity index (χ2v) is 4.94. The molecule has 0 fully saturated rings. The number of pyridine rings is 1. The summed E-state index contributed by atoms with van der Waals surface area (Å²) in [6.07, 6.45) is 1.59. The first-order chi connectivity index (χ1) is 9.40. The van der Waals surface area contributed by atoms with Crippen molar-refractivity contribution in [3.8, 4) is 0 Å². The zero-order valence-electron chi connectivity index (χ0n) is 11.6. The van der Waals surface area contributed by atoms with Gasteiger partial charge in [-0.1, -0.05) is 11.6 Å². The molecule has 0 aromatic carbocycles. The Morgan fingerprint density at radius 3 is 2.70 bits per heavy atom. The molecule has 0 saturated carbocycles. The number of nitrogens with one attached hydrogen (secondary N) is 1. The Kier molecular flexibility index (Phi) is 3.94. The van der Waals surface area contributed by atoms with E-state index in [1.165, 1.54) is 0 Å². The Morgan fingerprint density at radius 1 is 1.45 bits per heavy atom. The maximum Gasteiger partial charge on any atom is 0.246 e. The molecule has 0 saturated heterocycles. The summed E-state index contributed by atoms with van der Waals surface area (Å²) >= 11 is 5.97. The standard InChI is InChI=1S/C13H16ClN5O/c1-7-4-5-16-13(14)12(7)17-10(20)6-19-9(3)11(15)8(2)18-19/h4-5H,6,15H2,1-3H3,(H,17,20). The van der Waals surface area contributed by atoms with Crippen molar-refractivity contribution in [2.75, 3.05) is 11.1 Å².